The Balaban J connectivity index is 1.56. The Morgan fingerprint density at radius 1 is 1.25 bits per heavy atom. The fourth-order valence-electron chi connectivity index (χ4n) is 3.21. The molecule has 1 N–H and O–H groups in total. The van der Waals surface area contributed by atoms with Crippen molar-refractivity contribution in [2.45, 2.75) is 32.2 Å². The summed E-state index contributed by atoms with van der Waals surface area (Å²) < 4.78 is 5.11. The van der Waals surface area contributed by atoms with Gasteiger partial charge in [-0.25, -0.2) is 0 Å². The number of hydrogen-bond acceptors (Lipinski definition) is 3. The molecule has 1 heterocycles. The van der Waals surface area contributed by atoms with Crippen LogP contribution in [0.15, 0.2) is 41.0 Å². The van der Waals surface area contributed by atoms with E-state index in [1.807, 2.05) is 13.1 Å². The van der Waals surface area contributed by atoms with E-state index in [2.05, 4.69) is 23.5 Å². The van der Waals surface area contributed by atoms with Crippen molar-refractivity contribution in [3.63, 3.8) is 0 Å². The zero-order valence-corrected chi connectivity index (χ0v) is 14.0. The van der Waals surface area contributed by atoms with E-state index < -0.39 is 0 Å². The number of carbonyl (C=O) groups is 2. The van der Waals surface area contributed by atoms with Crippen LogP contribution >= 0.6 is 0 Å². The van der Waals surface area contributed by atoms with Gasteiger partial charge in [-0.3, -0.25) is 9.59 Å². The fraction of sp³-hybridized carbons (Fsp3) is 0.368. The molecule has 1 aliphatic carbocycles. The number of hydrogen-bond donors (Lipinski definition) is 1. The molecule has 0 saturated heterocycles. The minimum absolute atomic E-state index is 0.00188. The standard InChI is InChI=1S/C19H22N2O3/c1-13-17(9-10-24-13)19(23)20-12-18(22)21(2)16-8-7-14-5-3-4-6-15(14)11-16/h3-6,9-10,16H,7-8,11-12H2,1-2H3,(H,20,23). The van der Waals surface area contributed by atoms with Gasteiger partial charge < -0.3 is 14.6 Å². The Labute approximate surface area is 141 Å². The fourth-order valence-corrected chi connectivity index (χ4v) is 3.21. The first-order chi connectivity index (χ1) is 11.6. The maximum atomic E-state index is 12.4. The number of furan rings is 1. The molecule has 0 radical (unpaired) electrons. The van der Waals surface area contributed by atoms with Crippen molar-refractivity contribution < 1.29 is 14.0 Å². The number of nitrogens with zero attached hydrogens (tertiary/aromatic N) is 1. The number of nitrogens with one attached hydrogen (secondary N) is 1. The number of benzene rings is 1. The number of fused-ring (bicyclic) bond motifs is 1. The number of rotatable bonds is 4. The topological polar surface area (TPSA) is 62.6 Å². The van der Waals surface area contributed by atoms with E-state index >= 15 is 0 Å². The van der Waals surface area contributed by atoms with Crippen LogP contribution in [0.3, 0.4) is 0 Å². The first-order valence-electron chi connectivity index (χ1n) is 8.21. The highest BCUT2D eigenvalue weighted by Gasteiger charge is 2.25. The van der Waals surface area contributed by atoms with Crippen molar-refractivity contribution in [3.05, 3.63) is 59.0 Å². The molecular weight excluding hydrogens is 304 g/mol. The highest BCUT2D eigenvalue weighted by atomic mass is 16.3. The summed E-state index contributed by atoms with van der Waals surface area (Å²) >= 11 is 0. The van der Waals surface area contributed by atoms with E-state index in [-0.39, 0.29) is 24.4 Å². The van der Waals surface area contributed by atoms with Gasteiger partial charge in [0.1, 0.15) is 5.76 Å². The van der Waals surface area contributed by atoms with Crippen LogP contribution in [0.2, 0.25) is 0 Å². The van der Waals surface area contributed by atoms with Crippen LogP contribution in [0.5, 0.6) is 0 Å². The normalized spacial score (nSPS) is 16.3. The van der Waals surface area contributed by atoms with Gasteiger partial charge in [-0.2, -0.15) is 0 Å². The molecule has 2 amide bonds. The summed E-state index contributed by atoms with van der Waals surface area (Å²) in [6, 6.07) is 10.2. The molecule has 2 aromatic rings. The molecule has 0 spiro atoms. The Morgan fingerprint density at radius 2 is 2.00 bits per heavy atom. The van der Waals surface area contributed by atoms with Crippen LogP contribution < -0.4 is 5.32 Å². The molecular formula is C19H22N2O3. The minimum Gasteiger partial charge on any atom is -0.469 e. The molecule has 5 heteroatoms. The van der Waals surface area contributed by atoms with E-state index in [0.29, 0.717) is 11.3 Å². The van der Waals surface area contributed by atoms with E-state index in [1.54, 1.807) is 17.9 Å². The highest BCUT2D eigenvalue weighted by Crippen LogP contribution is 2.23. The van der Waals surface area contributed by atoms with E-state index in [0.717, 1.165) is 19.3 Å². The smallest absolute Gasteiger partial charge is 0.255 e. The molecule has 5 nitrogen and oxygen atoms in total. The van der Waals surface area contributed by atoms with Gasteiger partial charge in [-0.1, -0.05) is 24.3 Å². The molecule has 24 heavy (non-hydrogen) atoms. The molecule has 126 valence electrons. The van der Waals surface area contributed by atoms with Crippen molar-refractivity contribution in [2.75, 3.05) is 13.6 Å². The summed E-state index contributed by atoms with van der Waals surface area (Å²) in [5, 5.41) is 2.67. The number of amides is 2. The van der Waals surface area contributed by atoms with Gasteiger partial charge in [-0.15, -0.1) is 0 Å². The lowest BCUT2D eigenvalue weighted by atomic mass is 9.87. The van der Waals surface area contributed by atoms with Crippen molar-refractivity contribution in [3.8, 4) is 0 Å². The van der Waals surface area contributed by atoms with Crippen LogP contribution in [-0.2, 0) is 17.6 Å². The van der Waals surface area contributed by atoms with Gasteiger partial charge >= 0.3 is 0 Å². The average Bonchev–Trinajstić information content (AvgIpc) is 3.04. The highest BCUT2D eigenvalue weighted by molar-refractivity contribution is 5.97. The maximum Gasteiger partial charge on any atom is 0.255 e. The largest absolute Gasteiger partial charge is 0.469 e. The minimum atomic E-state index is -0.281. The van der Waals surface area contributed by atoms with Gasteiger partial charge in [0.25, 0.3) is 5.91 Å². The van der Waals surface area contributed by atoms with E-state index in [1.165, 1.54) is 17.4 Å². The number of carbonyl (C=O) groups excluding carboxylic acids is 2. The Morgan fingerprint density at radius 3 is 2.71 bits per heavy atom. The Hall–Kier alpha value is -2.56. The van der Waals surface area contributed by atoms with Gasteiger partial charge in [-0.05, 0) is 43.4 Å². The molecule has 1 aromatic carbocycles. The second-order valence-electron chi connectivity index (χ2n) is 6.24. The summed E-state index contributed by atoms with van der Waals surface area (Å²) in [5.41, 5.74) is 3.15. The monoisotopic (exact) mass is 326 g/mol. The first kappa shape index (κ1) is 16.3. The van der Waals surface area contributed by atoms with Gasteiger partial charge in [0, 0.05) is 13.1 Å². The van der Waals surface area contributed by atoms with Crippen molar-refractivity contribution in [1.29, 1.82) is 0 Å². The third-order valence-corrected chi connectivity index (χ3v) is 4.77. The molecule has 0 fully saturated rings. The quantitative estimate of drug-likeness (QED) is 0.938. The van der Waals surface area contributed by atoms with E-state index in [4.69, 9.17) is 4.42 Å². The summed E-state index contributed by atoms with van der Waals surface area (Å²) in [6.07, 6.45) is 4.28. The van der Waals surface area contributed by atoms with Gasteiger partial charge in [0.15, 0.2) is 0 Å². The maximum absolute atomic E-state index is 12.4. The summed E-state index contributed by atoms with van der Waals surface area (Å²) in [7, 11) is 1.82. The number of likely N-dealkylation sites (N-methyl/N-ethyl adjacent to an activating group) is 1. The molecule has 3 rings (SSSR count). The van der Waals surface area contributed by atoms with Crippen molar-refractivity contribution in [2.24, 2.45) is 0 Å². The first-order valence-corrected chi connectivity index (χ1v) is 8.21. The molecule has 1 aliphatic rings. The predicted octanol–water partition coefficient (Wildman–Crippen LogP) is 2.33. The predicted molar refractivity (Wildman–Crippen MR) is 90.8 cm³/mol. The van der Waals surface area contributed by atoms with Crippen LogP contribution in [0.4, 0.5) is 0 Å². The third kappa shape index (κ3) is 3.35. The zero-order valence-electron chi connectivity index (χ0n) is 14.0. The zero-order chi connectivity index (χ0) is 17.1. The Kier molecular flexibility index (Phi) is 4.69. The van der Waals surface area contributed by atoms with Crippen LogP contribution in [-0.4, -0.2) is 36.3 Å². The Bertz CT molecular complexity index is 751. The molecule has 0 aliphatic heterocycles. The van der Waals surface area contributed by atoms with Crippen molar-refractivity contribution >= 4 is 11.8 Å². The SMILES string of the molecule is Cc1occc1C(=O)NCC(=O)N(C)C1CCc2ccccc2C1. The second kappa shape index (κ2) is 6.91. The van der Waals surface area contributed by atoms with E-state index in [9.17, 15) is 9.59 Å². The average molecular weight is 326 g/mol. The van der Waals surface area contributed by atoms with Crippen LogP contribution in [0.1, 0.15) is 33.7 Å². The molecule has 1 atom stereocenters. The van der Waals surface area contributed by atoms with Crippen molar-refractivity contribution in [1.82, 2.24) is 10.2 Å². The molecule has 1 unspecified atom stereocenters. The molecule has 1 aromatic heterocycles. The number of aryl methyl sites for hydroxylation is 2. The summed E-state index contributed by atoms with van der Waals surface area (Å²) in [4.78, 5) is 26.2. The lowest BCUT2D eigenvalue weighted by Gasteiger charge is -2.32. The lowest BCUT2D eigenvalue weighted by Crippen LogP contribution is -2.45. The second-order valence-corrected chi connectivity index (χ2v) is 6.24. The van der Waals surface area contributed by atoms with Gasteiger partial charge in [0.2, 0.25) is 5.91 Å². The summed E-state index contributed by atoms with van der Waals surface area (Å²) in [6.45, 7) is 1.72. The summed E-state index contributed by atoms with van der Waals surface area (Å²) in [5.74, 6) is 0.197. The van der Waals surface area contributed by atoms with Gasteiger partial charge in [0.05, 0.1) is 18.4 Å². The molecule has 0 bridgehead atoms. The third-order valence-electron chi connectivity index (χ3n) is 4.77. The van der Waals surface area contributed by atoms with Crippen LogP contribution in [0, 0.1) is 6.92 Å². The lowest BCUT2D eigenvalue weighted by molar-refractivity contribution is -0.131. The molecule has 0 saturated carbocycles. The van der Waals surface area contributed by atoms with Crippen LogP contribution in [0.25, 0.3) is 0 Å².